The van der Waals surface area contributed by atoms with E-state index in [1.165, 1.54) is 6.08 Å². The number of benzene rings is 1. The molecule has 0 aliphatic rings. The van der Waals surface area contributed by atoms with Gasteiger partial charge in [-0.05, 0) is 17.7 Å². The van der Waals surface area contributed by atoms with Gasteiger partial charge in [0.15, 0.2) is 0 Å². The molecule has 2 N–H and O–H groups in total. The molecule has 0 atom stereocenters. The molecule has 0 radical (unpaired) electrons. The molecule has 0 fully saturated rings. The van der Waals surface area contributed by atoms with Crippen molar-refractivity contribution in [3.63, 3.8) is 0 Å². The number of hydrogen-bond donors (Lipinski definition) is 1. The predicted molar refractivity (Wildman–Crippen MR) is 71.0 cm³/mol. The Bertz CT molecular complexity index is 522. The molecule has 18 heavy (non-hydrogen) atoms. The first-order valence-corrected chi connectivity index (χ1v) is 5.41. The van der Waals surface area contributed by atoms with Crippen molar-refractivity contribution >= 4 is 11.6 Å². The molecule has 0 aromatic heterocycles. The predicted octanol–water partition coefficient (Wildman–Crippen LogP) is 1.52. The van der Waals surface area contributed by atoms with Crippen LogP contribution in [0.2, 0.25) is 0 Å². The smallest absolute Gasteiger partial charge is 0.259 e. The molecule has 0 heterocycles. The summed E-state index contributed by atoms with van der Waals surface area (Å²) in [5, 5.41) is 8.76. The van der Waals surface area contributed by atoms with Crippen LogP contribution in [-0.4, -0.2) is 24.9 Å². The molecule has 1 aromatic carbocycles. The summed E-state index contributed by atoms with van der Waals surface area (Å²) < 4.78 is 0. The average molecular weight is 241 g/mol. The van der Waals surface area contributed by atoms with Crippen LogP contribution in [-0.2, 0) is 4.79 Å². The normalized spacial score (nSPS) is 11.8. The molecule has 0 spiro atoms. The summed E-state index contributed by atoms with van der Waals surface area (Å²) in [6, 6.07) is 11.5. The van der Waals surface area contributed by atoms with Crippen molar-refractivity contribution in [1.82, 2.24) is 4.90 Å². The number of hydrogen-bond acceptors (Lipinski definition) is 3. The average Bonchev–Trinajstić information content (AvgIpc) is 2.35. The van der Waals surface area contributed by atoms with E-state index in [2.05, 4.69) is 0 Å². The van der Waals surface area contributed by atoms with Crippen LogP contribution in [0, 0.1) is 11.3 Å². The van der Waals surface area contributed by atoms with E-state index in [4.69, 9.17) is 11.0 Å². The van der Waals surface area contributed by atoms with E-state index >= 15 is 0 Å². The highest BCUT2D eigenvalue weighted by atomic mass is 16.1. The number of nitrogens with two attached hydrogens (primary N) is 1. The van der Waals surface area contributed by atoms with Crippen LogP contribution in [0.15, 0.2) is 48.1 Å². The fourth-order valence-electron chi connectivity index (χ4n) is 1.45. The molecule has 92 valence electrons. The number of nitrogens with zero attached hydrogens (tertiary/aromatic N) is 2. The first-order valence-electron chi connectivity index (χ1n) is 5.41. The van der Waals surface area contributed by atoms with Crippen molar-refractivity contribution in [3.8, 4) is 6.07 Å². The number of nitriles is 1. The monoisotopic (exact) mass is 241 g/mol. The quantitative estimate of drug-likeness (QED) is 0.493. The Hall–Kier alpha value is -2.54. The van der Waals surface area contributed by atoms with Gasteiger partial charge in [-0.2, -0.15) is 5.26 Å². The summed E-state index contributed by atoms with van der Waals surface area (Å²) in [5.74, 6) is -0.722. The van der Waals surface area contributed by atoms with E-state index in [1.54, 1.807) is 12.1 Å². The number of rotatable bonds is 4. The number of primary amides is 1. The molecule has 0 saturated heterocycles. The maximum atomic E-state index is 10.9. The van der Waals surface area contributed by atoms with Gasteiger partial charge in [-0.25, -0.2) is 0 Å². The maximum Gasteiger partial charge on any atom is 0.259 e. The topological polar surface area (TPSA) is 70.1 Å². The Morgan fingerprint density at radius 1 is 1.28 bits per heavy atom. The third kappa shape index (κ3) is 3.49. The van der Waals surface area contributed by atoms with Gasteiger partial charge in [-0.3, -0.25) is 4.79 Å². The lowest BCUT2D eigenvalue weighted by Gasteiger charge is -2.17. The Morgan fingerprint density at radius 2 is 1.89 bits per heavy atom. The Morgan fingerprint density at radius 3 is 2.33 bits per heavy atom. The highest BCUT2D eigenvalue weighted by Gasteiger charge is 2.04. The van der Waals surface area contributed by atoms with Gasteiger partial charge in [-0.15, -0.1) is 0 Å². The minimum absolute atomic E-state index is 0.0646. The first kappa shape index (κ1) is 13.5. The second kappa shape index (κ2) is 6.26. The molecular weight excluding hydrogens is 226 g/mol. The van der Waals surface area contributed by atoms with Crippen LogP contribution in [0.1, 0.15) is 5.56 Å². The van der Waals surface area contributed by atoms with E-state index in [0.717, 1.165) is 11.3 Å². The van der Waals surface area contributed by atoms with Gasteiger partial charge in [0.25, 0.3) is 5.91 Å². The Balaban J connectivity index is 3.16. The highest BCUT2D eigenvalue weighted by molar-refractivity contribution is 5.96. The molecule has 1 rings (SSSR count). The van der Waals surface area contributed by atoms with E-state index < -0.39 is 5.91 Å². The fraction of sp³-hybridized carbons (Fsp3) is 0.143. The lowest BCUT2D eigenvalue weighted by molar-refractivity contribution is -0.114. The molecular formula is C14H15N3O. The van der Waals surface area contributed by atoms with Crippen molar-refractivity contribution in [2.24, 2.45) is 5.73 Å². The third-order valence-corrected chi connectivity index (χ3v) is 2.35. The summed E-state index contributed by atoms with van der Waals surface area (Å²) in [6.45, 7) is 0. The summed E-state index contributed by atoms with van der Waals surface area (Å²) in [5.41, 5.74) is 6.90. The van der Waals surface area contributed by atoms with E-state index in [9.17, 15) is 4.79 Å². The zero-order valence-corrected chi connectivity index (χ0v) is 10.4. The van der Waals surface area contributed by atoms with Crippen molar-refractivity contribution in [3.05, 3.63) is 53.6 Å². The van der Waals surface area contributed by atoms with Crippen LogP contribution in [0.5, 0.6) is 0 Å². The highest BCUT2D eigenvalue weighted by Crippen LogP contribution is 2.16. The minimum atomic E-state index is -0.722. The van der Waals surface area contributed by atoms with E-state index in [-0.39, 0.29) is 5.57 Å². The van der Waals surface area contributed by atoms with Gasteiger partial charge in [0, 0.05) is 19.8 Å². The summed E-state index contributed by atoms with van der Waals surface area (Å²) in [7, 11) is 3.78. The molecule has 4 heteroatoms. The molecule has 0 saturated carbocycles. The lowest BCUT2D eigenvalue weighted by Crippen LogP contribution is -2.13. The lowest BCUT2D eigenvalue weighted by atomic mass is 10.1. The summed E-state index contributed by atoms with van der Waals surface area (Å²) in [4.78, 5) is 12.8. The van der Waals surface area contributed by atoms with Gasteiger partial charge in [0.2, 0.25) is 0 Å². The van der Waals surface area contributed by atoms with Crippen molar-refractivity contribution in [2.75, 3.05) is 14.1 Å². The first-order chi connectivity index (χ1) is 8.56. The zero-order valence-electron chi connectivity index (χ0n) is 10.4. The molecule has 1 aromatic rings. The van der Waals surface area contributed by atoms with Crippen LogP contribution in [0.4, 0.5) is 0 Å². The summed E-state index contributed by atoms with van der Waals surface area (Å²) >= 11 is 0. The molecule has 4 nitrogen and oxygen atoms in total. The van der Waals surface area contributed by atoms with Gasteiger partial charge < -0.3 is 10.6 Å². The van der Waals surface area contributed by atoms with Crippen molar-refractivity contribution in [2.45, 2.75) is 0 Å². The Kier molecular flexibility index (Phi) is 4.70. The van der Waals surface area contributed by atoms with Gasteiger partial charge in [0.05, 0.1) is 0 Å². The van der Waals surface area contributed by atoms with Crippen LogP contribution < -0.4 is 5.73 Å². The number of carbonyl (C=O) groups is 1. The van der Waals surface area contributed by atoms with Crippen molar-refractivity contribution < 1.29 is 4.79 Å². The van der Waals surface area contributed by atoms with Gasteiger partial charge in [0.1, 0.15) is 11.6 Å². The Labute approximate surface area is 107 Å². The van der Waals surface area contributed by atoms with Gasteiger partial charge in [-0.1, -0.05) is 30.3 Å². The number of allylic oxidation sites excluding steroid dienone is 2. The fourth-order valence-corrected chi connectivity index (χ4v) is 1.45. The molecule has 1 amide bonds. The van der Waals surface area contributed by atoms with Crippen molar-refractivity contribution in [1.29, 1.82) is 5.26 Å². The second-order valence-electron chi connectivity index (χ2n) is 3.87. The maximum absolute atomic E-state index is 10.9. The van der Waals surface area contributed by atoms with E-state index in [0.29, 0.717) is 0 Å². The zero-order chi connectivity index (χ0) is 13.5. The number of amides is 1. The molecule has 0 aliphatic carbocycles. The van der Waals surface area contributed by atoms with Crippen LogP contribution in [0.25, 0.3) is 5.70 Å². The van der Waals surface area contributed by atoms with Gasteiger partial charge >= 0.3 is 0 Å². The number of carbonyl (C=O) groups excluding carboxylic acids is 1. The summed E-state index contributed by atoms with van der Waals surface area (Å²) in [6.07, 6.45) is 3.14. The third-order valence-electron chi connectivity index (χ3n) is 2.35. The largest absolute Gasteiger partial charge is 0.377 e. The van der Waals surface area contributed by atoms with Crippen LogP contribution in [0.3, 0.4) is 0 Å². The molecule has 0 unspecified atom stereocenters. The molecule has 0 bridgehead atoms. The SMILES string of the molecule is CN(C)C(=CC=C(C#N)C(N)=O)c1ccccc1. The van der Waals surface area contributed by atoms with E-state index in [1.807, 2.05) is 49.3 Å². The second-order valence-corrected chi connectivity index (χ2v) is 3.87. The minimum Gasteiger partial charge on any atom is -0.377 e. The van der Waals surface area contributed by atoms with Crippen LogP contribution >= 0.6 is 0 Å². The molecule has 0 aliphatic heterocycles. The standard InChI is InChI=1S/C14H15N3O/c1-17(2)13(11-6-4-3-5-7-11)9-8-12(10-15)14(16)18/h3-9H,1-2H3,(H2,16,18).